The van der Waals surface area contributed by atoms with Gasteiger partial charge < -0.3 is 22.5 Å². The van der Waals surface area contributed by atoms with E-state index in [4.69, 9.17) is 33.8 Å². The zero-order valence-corrected chi connectivity index (χ0v) is 19.7. The zero-order valence-electron chi connectivity index (χ0n) is 19.0. The molecular formula is C23H22ClN9O2. The summed E-state index contributed by atoms with van der Waals surface area (Å²) in [7, 11) is 0. The number of nitriles is 1. The summed E-state index contributed by atoms with van der Waals surface area (Å²) in [5.41, 5.74) is 17.9. The topological polar surface area (TPSA) is 192 Å². The van der Waals surface area contributed by atoms with Crippen molar-refractivity contribution in [2.24, 2.45) is 5.73 Å². The molecule has 0 saturated heterocycles. The van der Waals surface area contributed by atoms with Gasteiger partial charge in [0.15, 0.2) is 5.82 Å². The number of carbonyl (C=O) groups is 1. The number of aromatic nitrogens is 4. The summed E-state index contributed by atoms with van der Waals surface area (Å²) in [5, 5.41) is 13.8. The van der Waals surface area contributed by atoms with Crippen LogP contribution in [0.2, 0.25) is 0 Å². The summed E-state index contributed by atoms with van der Waals surface area (Å²) >= 11 is 6.44. The maximum Gasteiger partial charge on any atom is 0.267 e. The van der Waals surface area contributed by atoms with Crippen LogP contribution in [0.5, 0.6) is 0 Å². The Kier molecular flexibility index (Phi) is 6.15. The monoisotopic (exact) mass is 491 g/mol. The van der Waals surface area contributed by atoms with E-state index in [-0.39, 0.29) is 28.7 Å². The van der Waals surface area contributed by atoms with E-state index < -0.39 is 17.5 Å². The van der Waals surface area contributed by atoms with Crippen LogP contribution in [0.15, 0.2) is 23.0 Å². The zero-order chi connectivity index (χ0) is 25.4. The van der Waals surface area contributed by atoms with Crippen LogP contribution in [0, 0.1) is 18.3 Å². The van der Waals surface area contributed by atoms with Crippen LogP contribution in [0.4, 0.5) is 17.6 Å². The molecule has 0 spiro atoms. The van der Waals surface area contributed by atoms with Crippen molar-refractivity contribution >= 4 is 46.2 Å². The van der Waals surface area contributed by atoms with Gasteiger partial charge in [-0.3, -0.25) is 14.2 Å². The predicted molar refractivity (Wildman–Crippen MR) is 133 cm³/mol. The molecule has 1 amide bonds. The number of benzene rings is 1. The van der Waals surface area contributed by atoms with Crippen molar-refractivity contribution in [2.45, 2.75) is 32.7 Å². The quantitative estimate of drug-likeness (QED) is 0.394. The molecule has 3 aromatic rings. The first-order valence-electron chi connectivity index (χ1n) is 10.6. The molecule has 2 heterocycles. The smallest absolute Gasteiger partial charge is 0.267 e. The number of amides is 1. The van der Waals surface area contributed by atoms with Crippen molar-refractivity contribution in [2.75, 3.05) is 16.8 Å². The molecule has 0 radical (unpaired) electrons. The normalized spacial score (nSPS) is 13.4. The van der Waals surface area contributed by atoms with Crippen molar-refractivity contribution in [1.29, 1.82) is 5.26 Å². The van der Waals surface area contributed by atoms with Crippen LogP contribution in [0.1, 0.15) is 53.1 Å². The van der Waals surface area contributed by atoms with Gasteiger partial charge in [-0.2, -0.15) is 15.2 Å². The largest absolute Gasteiger partial charge is 0.382 e. The summed E-state index contributed by atoms with van der Waals surface area (Å²) in [4.78, 5) is 38.4. The number of fused-ring (bicyclic) bond motifs is 1. The van der Waals surface area contributed by atoms with E-state index >= 15 is 0 Å². The predicted octanol–water partition coefficient (Wildman–Crippen LogP) is 0.560. The van der Waals surface area contributed by atoms with Crippen LogP contribution in [0.3, 0.4) is 0 Å². The van der Waals surface area contributed by atoms with E-state index in [0.717, 1.165) is 0 Å². The van der Waals surface area contributed by atoms with E-state index in [2.05, 4.69) is 15.3 Å². The fourth-order valence-electron chi connectivity index (χ4n) is 4.05. The summed E-state index contributed by atoms with van der Waals surface area (Å²) < 4.78 is 1.39. The van der Waals surface area contributed by atoms with Crippen LogP contribution in [-0.4, -0.2) is 25.4 Å². The Labute approximate surface area is 204 Å². The van der Waals surface area contributed by atoms with Gasteiger partial charge in [-0.25, -0.2) is 4.98 Å². The minimum Gasteiger partial charge on any atom is -0.382 e. The lowest BCUT2D eigenvalue weighted by Gasteiger charge is -2.22. The maximum atomic E-state index is 13.8. The molecule has 35 heavy (non-hydrogen) atoms. The molecular weight excluding hydrogens is 470 g/mol. The van der Waals surface area contributed by atoms with Gasteiger partial charge in [0.1, 0.15) is 23.3 Å². The number of carbonyl (C=O) groups excluding carboxylic acids is 1. The molecule has 1 aliphatic rings. The number of nitrogens with zero attached hydrogens (tertiary/aromatic N) is 5. The standard InChI is InChI=1S/C23H22ClN9O2/c1-10-12(19(27)34)5-3-8-16(10)33-21(30-15-7-4-6-14(24)17(15)22(33)35)11(2)29-20-13(9-25)18(26)31-23(28)32-20/h3,5,7-8,11H,4,6H2,1-2H3,(H2,27,34)(H5,26,28,29,31,32)/t11-/m0/s1. The van der Waals surface area contributed by atoms with Crippen LogP contribution in [0.25, 0.3) is 16.8 Å². The number of hydrogen-bond acceptors (Lipinski definition) is 9. The minimum absolute atomic E-state index is 0.00718. The SMILES string of the molecule is Cc1c(C(N)=O)cccc1-n1c([C@H](C)Nc2nc(N)nc(N)c2C#N)nc2c(c1=O)=C(Cl)CCC=2. The number of primary amides is 1. The first kappa shape index (κ1) is 23.7. The van der Waals surface area contributed by atoms with E-state index in [1.165, 1.54) is 4.57 Å². The van der Waals surface area contributed by atoms with Crippen molar-refractivity contribution in [3.63, 3.8) is 0 Å². The molecule has 1 atom stereocenters. The summed E-state index contributed by atoms with van der Waals surface area (Å²) in [5.74, 6) is -0.433. The van der Waals surface area contributed by atoms with Crippen molar-refractivity contribution < 1.29 is 4.79 Å². The van der Waals surface area contributed by atoms with Gasteiger partial charge in [-0.15, -0.1) is 0 Å². The molecule has 0 fully saturated rings. The number of hydrogen-bond donors (Lipinski definition) is 4. The molecule has 4 rings (SSSR count). The second-order valence-corrected chi connectivity index (χ2v) is 8.46. The fraction of sp³-hybridized carbons (Fsp3) is 0.217. The molecule has 178 valence electrons. The third-order valence-corrected chi connectivity index (χ3v) is 6.11. The molecule has 0 bridgehead atoms. The van der Waals surface area contributed by atoms with E-state index in [9.17, 15) is 14.9 Å². The summed E-state index contributed by atoms with van der Waals surface area (Å²) in [6.45, 7) is 3.43. The highest BCUT2D eigenvalue weighted by Gasteiger charge is 2.23. The highest BCUT2D eigenvalue weighted by atomic mass is 35.5. The number of nitrogen functional groups attached to an aromatic ring is 2. The first-order valence-corrected chi connectivity index (χ1v) is 11.0. The lowest BCUT2D eigenvalue weighted by atomic mass is 10.1. The second kappa shape index (κ2) is 9.08. The molecule has 0 aliphatic heterocycles. The highest BCUT2D eigenvalue weighted by Crippen LogP contribution is 2.25. The number of nitrogens with one attached hydrogen (secondary N) is 1. The number of rotatable bonds is 5. The van der Waals surface area contributed by atoms with Gasteiger partial charge in [-0.1, -0.05) is 23.7 Å². The van der Waals surface area contributed by atoms with E-state index in [1.807, 2.05) is 12.1 Å². The van der Waals surface area contributed by atoms with Gasteiger partial charge in [0, 0.05) is 10.6 Å². The maximum absolute atomic E-state index is 13.8. The van der Waals surface area contributed by atoms with Gasteiger partial charge in [-0.05, 0) is 44.4 Å². The Morgan fingerprint density at radius 2 is 2.03 bits per heavy atom. The van der Waals surface area contributed by atoms with E-state index in [1.54, 1.807) is 32.0 Å². The van der Waals surface area contributed by atoms with Crippen molar-refractivity contribution in [3.8, 4) is 11.8 Å². The van der Waals surface area contributed by atoms with Crippen molar-refractivity contribution in [1.82, 2.24) is 19.5 Å². The molecule has 1 aromatic carbocycles. The van der Waals surface area contributed by atoms with Crippen molar-refractivity contribution in [3.05, 3.63) is 61.6 Å². The second-order valence-electron chi connectivity index (χ2n) is 8.00. The fourth-order valence-corrected chi connectivity index (χ4v) is 4.34. The lowest BCUT2D eigenvalue weighted by Crippen LogP contribution is -2.50. The molecule has 11 nitrogen and oxygen atoms in total. The lowest BCUT2D eigenvalue weighted by molar-refractivity contribution is 0.0999. The average molecular weight is 492 g/mol. The van der Waals surface area contributed by atoms with Crippen LogP contribution >= 0.6 is 11.6 Å². The Morgan fingerprint density at radius 1 is 1.29 bits per heavy atom. The third-order valence-electron chi connectivity index (χ3n) is 5.73. The van der Waals surface area contributed by atoms with E-state index in [0.29, 0.717) is 45.5 Å². The number of nitrogens with two attached hydrogens (primary N) is 3. The summed E-state index contributed by atoms with van der Waals surface area (Å²) in [6, 6.07) is 6.19. The van der Waals surface area contributed by atoms with Gasteiger partial charge in [0.25, 0.3) is 5.56 Å². The first-order chi connectivity index (χ1) is 16.6. The Hall–Kier alpha value is -4.43. The highest BCUT2D eigenvalue weighted by molar-refractivity contribution is 6.45. The van der Waals surface area contributed by atoms with Gasteiger partial charge in [0.2, 0.25) is 11.9 Å². The Morgan fingerprint density at radius 3 is 2.71 bits per heavy atom. The van der Waals surface area contributed by atoms with Gasteiger partial charge in [0.05, 0.1) is 22.3 Å². The Balaban J connectivity index is 2.01. The molecule has 0 saturated carbocycles. The molecule has 12 heteroatoms. The third kappa shape index (κ3) is 4.15. The Bertz CT molecular complexity index is 1610. The molecule has 1 aliphatic carbocycles. The molecule has 2 aromatic heterocycles. The number of anilines is 3. The van der Waals surface area contributed by atoms with Crippen LogP contribution < -0.4 is 38.6 Å². The number of halogens is 1. The molecule has 0 unspecified atom stereocenters. The van der Waals surface area contributed by atoms with Crippen LogP contribution in [-0.2, 0) is 0 Å². The average Bonchev–Trinajstić information content (AvgIpc) is 2.79. The minimum atomic E-state index is -0.667. The van der Waals surface area contributed by atoms with Gasteiger partial charge >= 0.3 is 0 Å². The molecule has 7 N–H and O–H groups in total. The summed E-state index contributed by atoms with van der Waals surface area (Å²) in [6.07, 6.45) is 3.00.